The van der Waals surface area contributed by atoms with Crippen molar-refractivity contribution in [2.24, 2.45) is 0 Å². The van der Waals surface area contributed by atoms with Crippen molar-refractivity contribution in [2.75, 3.05) is 19.7 Å². The zero-order valence-corrected chi connectivity index (χ0v) is 13.1. The average Bonchev–Trinajstić information content (AvgIpc) is 2.47. The van der Waals surface area contributed by atoms with Gasteiger partial charge in [-0.2, -0.15) is 0 Å². The van der Waals surface area contributed by atoms with Gasteiger partial charge in [0.05, 0.1) is 12.7 Å². The molecule has 0 aromatic heterocycles. The Labute approximate surface area is 126 Å². The third kappa shape index (κ3) is 4.11. The number of Topliss-reactive ketones (excluding diaryl/α,β-unsaturated/α-hetero) is 1. The van der Waals surface area contributed by atoms with Crippen LogP contribution in [0.4, 0.5) is 4.39 Å². The van der Waals surface area contributed by atoms with Gasteiger partial charge >= 0.3 is 0 Å². The number of benzene rings is 1. The van der Waals surface area contributed by atoms with Gasteiger partial charge in [-0.25, -0.2) is 4.39 Å². The van der Waals surface area contributed by atoms with E-state index in [1.165, 1.54) is 6.07 Å². The Kier molecular flexibility index (Phi) is 5.48. The highest BCUT2D eigenvalue weighted by molar-refractivity contribution is 5.96. The van der Waals surface area contributed by atoms with Gasteiger partial charge in [-0.15, -0.1) is 0 Å². The van der Waals surface area contributed by atoms with Crippen LogP contribution in [-0.2, 0) is 4.74 Å². The minimum atomic E-state index is -0.313. The fraction of sp³-hybridized carbons (Fsp3) is 0.588. The summed E-state index contributed by atoms with van der Waals surface area (Å²) in [5.74, 6) is -0.310. The van der Waals surface area contributed by atoms with Gasteiger partial charge in [0.25, 0.3) is 0 Å². The highest BCUT2D eigenvalue weighted by Gasteiger charge is 2.25. The van der Waals surface area contributed by atoms with E-state index in [0.29, 0.717) is 30.1 Å². The third-order valence-electron chi connectivity index (χ3n) is 4.17. The van der Waals surface area contributed by atoms with Crippen LogP contribution in [0, 0.1) is 12.7 Å². The predicted octanol–water partition coefficient (Wildman–Crippen LogP) is 3.21. The van der Waals surface area contributed by atoms with Gasteiger partial charge in [0, 0.05) is 31.1 Å². The van der Waals surface area contributed by atoms with Gasteiger partial charge < -0.3 is 4.74 Å². The van der Waals surface area contributed by atoms with Crippen molar-refractivity contribution >= 4 is 5.78 Å². The number of aryl methyl sites for hydroxylation is 1. The Bertz CT molecular complexity index is 504. The van der Waals surface area contributed by atoms with Gasteiger partial charge in [-0.1, -0.05) is 19.1 Å². The zero-order valence-electron chi connectivity index (χ0n) is 13.1. The van der Waals surface area contributed by atoms with E-state index >= 15 is 0 Å². The Morgan fingerprint density at radius 3 is 2.90 bits per heavy atom. The molecule has 1 aromatic rings. The standard InChI is InChI=1S/C17H24FNO2/c1-4-15-11-21-13(3)10-19(15)8-7-17(20)14-6-5-12(2)16(18)9-14/h5-6,9,13,15H,4,7-8,10-11H2,1-3H3. The first-order valence-corrected chi connectivity index (χ1v) is 7.66. The number of ether oxygens (including phenoxy) is 1. The molecule has 0 amide bonds. The largest absolute Gasteiger partial charge is 0.376 e. The van der Waals surface area contributed by atoms with Crippen LogP contribution in [0.5, 0.6) is 0 Å². The summed E-state index contributed by atoms with van der Waals surface area (Å²) < 4.78 is 19.2. The summed E-state index contributed by atoms with van der Waals surface area (Å²) >= 11 is 0. The molecule has 2 unspecified atom stereocenters. The van der Waals surface area contributed by atoms with Crippen LogP contribution < -0.4 is 0 Å². The lowest BCUT2D eigenvalue weighted by molar-refractivity contribution is -0.0553. The molecule has 1 aliphatic heterocycles. The lowest BCUT2D eigenvalue weighted by atomic mass is 10.0. The second-order valence-corrected chi connectivity index (χ2v) is 5.84. The first-order valence-electron chi connectivity index (χ1n) is 7.66. The topological polar surface area (TPSA) is 29.5 Å². The summed E-state index contributed by atoms with van der Waals surface area (Å²) in [5, 5.41) is 0. The number of nitrogens with zero attached hydrogens (tertiary/aromatic N) is 1. The summed E-state index contributed by atoms with van der Waals surface area (Å²) in [6.45, 7) is 8.17. The molecule has 0 aliphatic carbocycles. The summed E-state index contributed by atoms with van der Waals surface area (Å²) in [5.41, 5.74) is 1.03. The molecule has 116 valence electrons. The zero-order chi connectivity index (χ0) is 15.4. The molecule has 1 fully saturated rings. The first-order chi connectivity index (χ1) is 10.0. The van der Waals surface area contributed by atoms with Crippen LogP contribution in [0.25, 0.3) is 0 Å². The van der Waals surface area contributed by atoms with E-state index in [-0.39, 0.29) is 17.7 Å². The maximum Gasteiger partial charge on any atom is 0.164 e. The molecule has 0 saturated carbocycles. The van der Waals surface area contributed by atoms with Gasteiger partial charge in [-0.3, -0.25) is 9.69 Å². The molecule has 2 rings (SSSR count). The van der Waals surface area contributed by atoms with Crippen molar-refractivity contribution in [2.45, 2.75) is 45.8 Å². The number of carbonyl (C=O) groups excluding carboxylic acids is 1. The van der Waals surface area contributed by atoms with Crippen molar-refractivity contribution in [3.05, 3.63) is 35.1 Å². The summed E-state index contributed by atoms with van der Waals surface area (Å²) in [6, 6.07) is 5.09. The van der Waals surface area contributed by atoms with E-state index < -0.39 is 0 Å². The SMILES string of the molecule is CCC1COC(C)CN1CCC(=O)c1ccc(C)c(F)c1. The Morgan fingerprint density at radius 2 is 2.24 bits per heavy atom. The van der Waals surface area contributed by atoms with E-state index in [1.54, 1.807) is 19.1 Å². The summed E-state index contributed by atoms with van der Waals surface area (Å²) in [7, 11) is 0. The molecule has 4 heteroatoms. The minimum absolute atomic E-state index is 0.00268. The Balaban J connectivity index is 1.94. The van der Waals surface area contributed by atoms with Crippen LogP contribution >= 0.6 is 0 Å². The molecule has 0 spiro atoms. The van der Waals surface area contributed by atoms with Gasteiger partial charge in [0.1, 0.15) is 5.82 Å². The fourth-order valence-corrected chi connectivity index (χ4v) is 2.72. The molecule has 0 radical (unpaired) electrons. The second-order valence-electron chi connectivity index (χ2n) is 5.84. The minimum Gasteiger partial charge on any atom is -0.376 e. The second kappa shape index (κ2) is 7.14. The van der Waals surface area contributed by atoms with Crippen LogP contribution in [0.15, 0.2) is 18.2 Å². The molecule has 1 aromatic carbocycles. The van der Waals surface area contributed by atoms with E-state index in [4.69, 9.17) is 4.74 Å². The van der Waals surface area contributed by atoms with Crippen molar-refractivity contribution < 1.29 is 13.9 Å². The third-order valence-corrected chi connectivity index (χ3v) is 4.17. The molecule has 21 heavy (non-hydrogen) atoms. The molecular weight excluding hydrogens is 269 g/mol. The van der Waals surface area contributed by atoms with E-state index in [9.17, 15) is 9.18 Å². The van der Waals surface area contributed by atoms with Gasteiger partial charge in [-0.05, 0) is 31.9 Å². The average molecular weight is 293 g/mol. The van der Waals surface area contributed by atoms with Crippen LogP contribution in [0.3, 0.4) is 0 Å². The maximum atomic E-state index is 13.5. The summed E-state index contributed by atoms with van der Waals surface area (Å²) in [4.78, 5) is 14.5. The molecule has 1 aliphatic rings. The number of carbonyl (C=O) groups is 1. The first kappa shape index (κ1) is 16.1. The quantitative estimate of drug-likeness (QED) is 0.781. The van der Waals surface area contributed by atoms with Gasteiger partial charge in [0.2, 0.25) is 0 Å². The Hall–Kier alpha value is -1.26. The predicted molar refractivity (Wildman–Crippen MR) is 81.2 cm³/mol. The van der Waals surface area contributed by atoms with E-state index in [0.717, 1.165) is 19.6 Å². The highest BCUT2D eigenvalue weighted by atomic mass is 19.1. The van der Waals surface area contributed by atoms with Crippen molar-refractivity contribution in [1.29, 1.82) is 0 Å². The fourth-order valence-electron chi connectivity index (χ4n) is 2.72. The lowest BCUT2D eigenvalue weighted by Gasteiger charge is -2.38. The van der Waals surface area contributed by atoms with E-state index in [1.807, 2.05) is 0 Å². The van der Waals surface area contributed by atoms with Crippen LogP contribution in [0.1, 0.15) is 42.6 Å². The smallest absolute Gasteiger partial charge is 0.164 e. The van der Waals surface area contributed by atoms with Crippen LogP contribution in [-0.4, -0.2) is 42.5 Å². The molecule has 1 saturated heterocycles. The van der Waals surface area contributed by atoms with E-state index in [2.05, 4.69) is 18.7 Å². The van der Waals surface area contributed by atoms with Crippen molar-refractivity contribution in [3.63, 3.8) is 0 Å². The van der Waals surface area contributed by atoms with Crippen molar-refractivity contribution in [1.82, 2.24) is 4.90 Å². The molecule has 1 heterocycles. The Morgan fingerprint density at radius 1 is 1.48 bits per heavy atom. The van der Waals surface area contributed by atoms with Gasteiger partial charge in [0.15, 0.2) is 5.78 Å². The summed E-state index contributed by atoms with van der Waals surface area (Å²) in [6.07, 6.45) is 1.64. The molecule has 2 atom stereocenters. The van der Waals surface area contributed by atoms with Crippen LogP contribution in [0.2, 0.25) is 0 Å². The molecule has 0 N–H and O–H groups in total. The number of rotatable bonds is 5. The monoisotopic (exact) mass is 293 g/mol. The number of halogens is 1. The molecule has 0 bridgehead atoms. The normalized spacial score (nSPS) is 23.2. The highest BCUT2D eigenvalue weighted by Crippen LogP contribution is 2.16. The lowest BCUT2D eigenvalue weighted by Crippen LogP contribution is -2.49. The molecular formula is C17H24FNO2. The number of hydrogen-bond acceptors (Lipinski definition) is 3. The maximum absolute atomic E-state index is 13.5. The number of morpholine rings is 1. The molecule has 3 nitrogen and oxygen atoms in total. The van der Waals surface area contributed by atoms with Crippen molar-refractivity contribution in [3.8, 4) is 0 Å². The number of hydrogen-bond donors (Lipinski definition) is 0. The number of ketones is 1.